The Balaban J connectivity index is 1.95. The van der Waals surface area contributed by atoms with E-state index >= 15 is 0 Å². The molecule has 0 aliphatic heterocycles. The number of carbonyl (C=O) groups excluding carboxylic acids is 1. The minimum Gasteiger partial charge on any atom is -0.496 e. The van der Waals surface area contributed by atoms with Gasteiger partial charge in [0, 0.05) is 10.9 Å². The van der Waals surface area contributed by atoms with E-state index in [1.54, 1.807) is 7.11 Å². The highest BCUT2D eigenvalue weighted by Gasteiger charge is 2.12. The molecule has 0 aromatic heterocycles. The molecule has 0 aliphatic rings. The number of benzene rings is 2. The normalized spacial score (nSPS) is 10.3. The molecule has 20 heavy (non-hydrogen) atoms. The third kappa shape index (κ3) is 3.94. The van der Waals surface area contributed by atoms with E-state index in [4.69, 9.17) is 4.74 Å². The van der Waals surface area contributed by atoms with Gasteiger partial charge in [-0.25, -0.2) is 0 Å². The Morgan fingerprint density at radius 2 is 1.90 bits per heavy atom. The number of methoxy groups -OCH3 is 1. The first-order chi connectivity index (χ1) is 9.70. The Hall–Kier alpha value is -1.61. The average Bonchev–Trinajstić information content (AvgIpc) is 2.48. The first-order valence-electron chi connectivity index (χ1n) is 6.61. The molecule has 104 valence electrons. The van der Waals surface area contributed by atoms with Crippen LogP contribution in [0.15, 0.2) is 53.0 Å². The quantitative estimate of drug-likeness (QED) is 0.719. The average molecular weight is 333 g/mol. The molecule has 0 atom stereocenters. The van der Waals surface area contributed by atoms with Crippen molar-refractivity contribution >= 4 is 21.7 Å². The van der Waals surface area contributed by atoms with Crippen LogP contribution in [0.4, 0.5) is 0 Å². The molecule has 0 spiro atoms. The van der Waals surface area contributed by atoms with E-state index in [-0.39, 0.29) is 5.78 Å². The summed E-state index contributed by atoms with van der Waals surface area (Å²) in [7, 11) is 1.59. The van der Waals surface area contributed by atoms with Gasteiger partial charge < -0.3 is 4.74 Å². The van der Waals surface area contributed by atoms with Crippen molar-refractivity contribution in [2.75, 3.05) is 7.11 Å². The molecule has 0 bridgehead atoms. The summed E-state index contributed by atoms with van der Waals surface area (Å²) >= 11 is 3.38. The lowest BCUT2D eigenvalue weighted by molar-refractivity contribution is 0.0977. The van der Waals surface area contributed by atoms with E-state index in [9.17, 15) is 4.79 Å². The SMILES string of the molecule is COc1cc(Br)ccc1C(=O)CCCc1ccccc1. The van der Waals surface area contributed by atoms with Gasteiger partial charge in [0.25, 0.3) is 0 Å². The second kappa shape index (κ2) is 7.25. The highest BCUT2D eigenvalue weighted by molar-refractivity contribution is 9.10. The van der Waals surface area contributed by atoms with E-state index < -0.39 is 0 Å². The minimum absolute atomic E-state index is 0.130. The summed E-state index contributed by atoms with van der Waals surface area (Å²) in [5.74, 6) is 0.759. The summed E-state index contributed by atoms with van der Waals surface area (Å²) in [6, 6.07) is 15.7. The van der Waals surface area contributed by atoms with Crippen LogP contribution >= 0.6 is 15.9 Å². The Morgan fingerprint density at radius 1 is 1.15 bits per heavy atom. The van der Waals surface area contributed by atoms with Crippen molar-refractivity contribution in [1.29, 1.82) is 0 Å². The highest BCUT2D eigenvalue weighted by Crippen LogP contribution is 2.25. The standard InChI is InChI=1S/C17H17BrO2/c1-20-17-12-14(18)10-11-15(17)16(19)9-5-8-13-6-3-2-4-7-13/h2-4,6-7,10-12H,5,8-9H2,1H3. The summed E-state index contributed by atoms with van der Waals surface area (Å²) in [5.41, 5.74) is 1.92. The van der Waals surface area contributed by atoms with Crippen molar-refractivity contribution in [2.24, 2.45) is 0 Å². The van der Waals surface area contributed by atoms with Crippen LogP contribution in [0.5, 0.6) is 5.75 Å². The number of ether oxygens (including phenoxy) is 1. The van der Waals surface area contributed by atoms with Crippen molar-refractivity contribution in [1.82, 2.24) is 0 Å². The van der Waals surface area contributed by atoms with Crippen LogP contribution < -0.4 is 4.74 Å². The first-order valence-corrected chi connectivity index (χ1v) is 7.40. The summed E-state index contributed by atoms with van der Waals surface area (Å²) < 4.78 is 6.17. The number of halogens is 1. The summed E-state index contributed by atoms with van der Waals surface area (Å²) in [6.45, 7) is 0. The molecule has 0 saturated heterocycles. The number of hydrogen-bond acceptors (Lipinski definition) is 2. The van der Waals surface area contributed by atoms with Gasteiger partial charge in [0.05, 0.1) is 12.7 Å². The lowest BCUT2D eigenvalue weighted by Crippen LogP contribution is -2.03. The van der Waals surface area contributed by atoms with Gasteiger partial charge >= 0.3 is 0 Å². The van der Waals surface area contributed by atoms with Gasteiger partial charge in [-0.3, -0.25) is 4.79 Å². The van der Waals surface area contributed by atoms with Gasteiger partial charge in [-0.15, -0.1) is 0 Å². The Kier molecular flexibility index (Phi) is 5.36. The molecule has 2 nitrogen and oxygen atoms in total. The minimum atomic E-state index is 0.130. The molecule has 2 aromatic carbocycles. The molecular formula is C17H17BrO2. The fourth-order valence-electron chi connectivity index (χ4n) is 2.13. The topological polar surface area (TPSA) is 26.3 Å². The van der Waals surface area contributed by atoms with E-state index in [2.05, 4.69) is 28.1 Å². The fraction of sp³-hybridized carbons (Fsp3) is 0.235. The molecular weight excluding hydrogens is 316 g/mol. The van der Waals surface area contributed by atoms with Gasteiger partial charge in [0.2, 0.25) is 0 Å². The predicted octanol–water partition coefficient (Wildman–Crippen LogP) is 4.66. The molecule has 3 heteroatoms. The smallest absolute Gasteiger partial charge is 0.166 e. The van der Waals surface area contributed by atoms with Crippen molar-refractivity contribution in [2.45, 2.75) is 19.3 Å². The monoisotopic (exact) mass is 332 g/mol. The van der Waals surface area contributed by atoms with E-state index in [0.29, 0.717) is 17.7 Å². The maximum absolute atomic E-state index is 12.2. The van der Waals surface area contributed by atoms with Crippen LogP contribution in [0.25, 0.3) is 0 Å². The van der Waals surface area contributed by atoms with E-state index in [0.717, 1.165) is 17.3 Å². The van der Waals surface area contributed by atoms with Crippen molar-refractivity contribution in [3.8, 4) is 5.75 Å². The summed E-state index contributed by atoms with van der Waals surface area (Å²) in [4.78, 5) is 12.2. The van der Waals surface area contributed by atoms with Gasteiger partial charge in [-0.05, 0) is 36.6 Å². The number of ketones is 1. The van der Waals surface area contributed by atoms with Crippen molar-refractivity contribution in [3.05, 3.63) is 64.1 Å². The summed E-state index contributed by atoms with van der Waals surface area (Å²) in [5, 5.41) is 0. The fourth-order valence-corrected chi connectivity index (χ4v) is 2.47. The largest absolute Gasteiger partial charge is 0.496 e. The second-order valence-corrected chi connectivity index (χ2v) is 5.52. The zero-order valence-electron chi connectivity index (χ0n) is 11.4. The Labute approximate surface area is 127 Å². The summed E-state index contributed by atoms with van der Waals surface area (Å²) in [6.07, 6.45) is 2.31. The number of hydrogen-bond donors (Lipinski definition) is 0. The maximum atomic E-state index is 12.2. The number of rotatable bonds is 6. The van der Waals surface area contributed by atoms with Crippen LogP contribution in [0, 0.1) is 0 Å². The zero-order chi connectivity index (χ0) is 14.4. The van der Waals surface area contributed by atoms with E-state index in [1.807, 2.05) is 36.4 Å². The van der Waals surface area contributed by atoms with Crippen LogP contribution in [0.3, 0.4) is 0 Å². The van der Waals surface area contributed by atoms with Crippen molar-refractivity contribution < 1.29 is 9.53 Å². The lowest BCUT2D eigenvalue weighted by atomic mass is 10.0. The van der Waals surface area contributed by atoms with Crippen LogP contribution in [0.2, 0.25) is 0 Å². The van der Waals surface area contributed by atoms with Gasteiger partial charge in [-0.2, -0.15) is 0 Å². The maximum Gasteiger partial charge on any atom is 0.166 e. The first kappa shape index (κ1) is 14.8. The Morgan fingerprint density at radius 3 is 2.60 bits per heavy atom. The highest BCUT2D eigenvalue weighted by atomic mass is 79.9. The molecule has 0 unspecified atom stereocenters. The molecule has 0 amide bonds. The molecule has 2 rings (SSSR count). The number of Topliss-reactive ketones (excluding diaryl/α,β-unsaturated/α-hetero) is 1. The van der Waals surface area contributed by atoms with Crippen LogP contribution in [-0.2, 0) is 6.42 Å². The molecule has 0 saturated carbocycles. The van der Waals surface area contributed by atoms with Gasteiger partial charge in [-0.1, -0.05) is 46.3 Å². The number of aryl methyl sites for hydroxylation is 1. The number of carbonyl (C=O) groups is 1. The zero-order valence-corrected chi connectivity index (χ0v) is 13.0. The molecule has 0 N–H and O–H groups in total. The molecule has 0 fully saturated rings. The predicted molar refractivity (Wildman–Crippen MR) is 84.4 cm³/mol. The molecule has 2 aromatic rings. The second-order valence-electron chi connectivity index (χ2n) is 4.61. The van der Waals surface area contributed by atoms with Crippen LogP contribution in [-0.4, -0.2) is 12.9 Å². The molecule has 0 radical (unpaired) electrons. The van der Waals surface area contributed by atoms with Crippen molar-refractivity contribution in [3.63, 3.8) is 0 Å². The van der Waals surface area contributed by atoms with Gasteiger partial charge in [0.1, 0.15) is 5.75 Å². The lowest BCUT2D eigenvalue weighted by Gasteiger charge is -2.08. The van der Waals surface area contributed by atoms with Crippen LogP contribution in [0.1, 0.15) is 28.8 Å². The molecule has 0 aliphatic carbocycles. The van der Waals surface area contributed by atoms with Gasteiger partial charge in [0.15, 0.2) is 5.78 Å². The third-order valence-corrected chi connectivity index (χ3v) is 3.67. The third-order valence-electron chi connectivity index (χ3n) is 3.18. The molecule has 0 heterocycles. The Bertz CT molecular complexity index is 579. The van der Waals surface area contributed by atoms with E-state index in [1.165, 1.54) is 5.56 Å².